The molecule has 1 aromatic heterocycles. The predicted molar refractivity (Wildman–Crippen MR) is 97.7 cm³/mol. The fourth-order valence-corrected chi connectivity index (χ4v) is 2.53. The zero-order valence-corrected chi connectivity index (χ0v) is 14.7. The Balaban J connectivity index is 1.59. The van der Waals surface area contributed by atoms with Crippen molar-refractivity contribution >= 4 is 17.5 Å². The predicted octanol–water partition coefficient (Wildman–Crippen LogP) is 3.23. The number of benzene rings is 2. The van der Waals surface area contributed by atoms with Gasteiger partial charge < -0.3 is 20.2 Å². The van der Waals surface area contributed by atoms with E-state index in [2.05, 4.69) is 21.5 Å². The van der Waals surface area contributed by atoms with Crippen LogP contribution in [0.2, 0.25) is 0 Å². The van der Waals surface area contributed by atoms with Crippen molar-refractivity contribution < 1.29 is 14.5 Å². The summed E-state index contributed by atoms with van der Waals surface area (Å²) in [6.07, 6.45) is 1.14. The van der Waals surface area contributed by atoms with Gasteiger partial charge in [-0.3, -0.25) is 4.79 Å². The smallest absolute Gasteiger partial charge is 0.457 e. The Bertz CT molecular complexity index is 961. The minimum absolute atomic E-state index is 0.179. The number of nitro groups is 1. The normalized spacial score (nSPS) is 10.4. The number of hydrogen-bond donors (Lipinski definition) is 1. The average molecular weight is 367 g/mol. The molecule has 0 saturated heterocycles. The third-order valence-corrected chi connectivity index (χ3v) is 3.56. The first-order valence-electron chi connectivity index (χ1n) is 8.09. The van der Waals surface area contributed by atoms with E-state index in [9.17, 15) is 14.9 Å². The number of hydrogen-bond acceptors (Lipinski definition) is 6. The first kappa shape index (κ1) is 18.1. The van der Waals surface area contributed by atoms with E-state index in [-0.39, 0.29) is 12.5 Å². The van der Waals surface area contributed by atoms with Crippen LogP contribution in [0.1, 0.15) is 11.1 Å². The summed E-state index contributed by atoms with van der Waals surface area (Å²) in [5, 5.41) is 16.8. The van der Waals surface area contributed by atoms with Gasteiger partial charge in [-0.2, -0.15) is 4.68 Å². The van der Waals surface area contributed by atoms with Crippen molar-refractivity contribution in [3.8, 4) is 11.5 Å². The molecule has 1 heterocycles. The molecule has 3 aromatic rings. The Morgan fingerprint density at radius 1 is 1.15 bits per heavy atom. The highest BCUT2D eigenvalue weighted by atomic mass is 16.6. The van der Waals surface area contributed by atoms with E-state index in [1.807, 2.05) is 26.0 Å². The molecule has 0 unspecified atom stereocenters. The number of anilines is 1. The maximum atomic E-state index is 12.0. The largest absolute Gasteiger partial charge is 0.490 e. The van der Waals surface area contributed by atoms with Gasteiger partial charge in [-0.25, -0.2) is 0 Å². The second kappa shape index (κ2) is 7.65. The van der Waals surface area contributed by atoms with Crippen molar-refractivity contribution in [3.05, 3.63) is 70.0 Å². The molecule has 0 spiro atoms. The standard InChI is InChI=1S/C18H17N5O4/c1-12-7-13(2)9-16(8-12)27-15-5-3-14(4-6-15)20-17(24)10-22-11-19-18(21-22)23(25)26/h3-9,11H,10H2,1-2H3,(H,20,24). The highest BCUT2D eigenvalue weighted by Gasteiger charge is 2.15. The van der Waals surface area contributed by atoms with Crippen molar-refractivity contribution in [1.29, 1.82) is 0 Å². The average Bonchev–Trinajstić information content (AvgIpc) is 3.04. The molecule has 1 N–H and O–H groups in total. The maximum Gasteiger partial charge on any atom is 0.490 e. The number of amides is 1. The van der Waals surface area contributed by atoms with Crippen LogP contribution >= 0.6 is 0 Å². The first-order valence-corrected chi connectivity index (χ1v) is 8.09. The number of rotatable bonds is 6. The summed E-state index contributed by atoms with van der Waals surface area (Å²) in [6, 6.07) is 12.9. The molecule has 0 radical (unpaired) electrons. The second-order valence-corrected chi connectivity index (χ2v) is 6.00. The van der Waals surface area contributed by atoms with Crippen LogP contribution in [0, 0.1) is 24.0 Å². The van der Waals surface area contributed by atoms with Gasteiger partial charge in [0.1, 0.15) is 18.0 Å². The van der Waals surface area contributed by atoms with Gasteiger partial charge in [0, 0.05) is 10.8 Å². The molecular formula is C18H17N5O4. The molecule has 138 valence electrons. The fourth-order valence-electron chi connectivity index (χ4n) is 2.53. The fraction of sp³-hybridized carbons (Fsp3) is 0.167. The van der Waals surface area contributed by atoms with Crippen LogP contribution in [0.5, 0.6) is 11.5 Å². The molecule has 2 aromatic carbocycles. The molecule has 27 heavy (non-hydrogen) atoms. The first-order chi connectivity index (χ1) is 12.9. The second-order valence-electron chi connectivity index (χ2n) is 6.00. The van der Waals surface area contributed by atoms with Crippen LogP contribution in [0.3, 0.4) is 0 Å². The van der Waals surface area contributed by atoms with E-state index in [1.165, 1.54) is 0 Å². The summed E-state index contributed by atoms with van der Waals surface area (Å²) in [7, 11) is 0. The van der Waals surface area contributed by atoms with Crippen molar-refractivity contribution in [2.24, 2.45) is 0 Å². The SMILES string of the molecule is Cc1cc(C)cc(Oc2ccc(NC(=O)Cn3cnc([N+](=O)[O-])n3)cc2)c1. The molecule has 1 amide bonds. The van der Waals surface area contributed by atoms with E-state index < -0.39 is 10.9 Å². The van der Waals surface area contributed by atoms with Gasteiger partial charge in [0.15, 0.2) is 0 Å². The van der Waals surface area contributed by atoms with E-state index in [4.69, 9.17) is 4.74 Å². The lowest BCUT2D eigenvalue weighted by atomic mass is 10.1. The van der Waals surface area contributed by atoms with Gasteiger partial charge in [-0.15, -0.1) is 0 Å². The summed E-state index contributed by atoms with van der Waals surface area (Å²) in [6.45, 7) is 3.83. The number of aryl methyl sites for hydroxylation is 2. The molecule has 0 aliphatic carbocycles. The summed E-state index contributed by atoms with van der Waals surface area (Å²) in [5.74, 6) is 0.468. The van der Waals surface area contributed by atoms with Crippen LogP contribution < -0.4 is 10.1 Å². The van der Waals surface area contributed by atoms with Gasteiger partial charge in [0.25, 0.3) is 0 Å². The van der Waals surface area contributed by atoms with Gasteiger partial charge in [0.05, 0.1) is 0 Å². The van der Waals surface area contributed by atoms with Crippen LogP contribution in [-0.2, 0) is 11.3 Å². The molecule has 0 fully saturated rings. The van der Waals surface area contributed by atoms with E-state index in [0.717, 1.165) is 27.9 Å². The number of ether oxygens (including phenoxy) is 1. The topological polar surface area (TPSA) is 112 Å². The zero-order chi connectivity index (χ0) is 19.4. The van der Waals surface area contributed by atoms with E-state index in [1.54, 1.807) is 24.3 Å². The highest BCUT2D eigenvalue weighted by Crippen LogP contribution is 2.25. The molecule has 0 saturated carbocycles. The number of nitrogens with zero attached hydrogens (tertiary/aromatic N) is 4. The molecule has 9 nitrogen and oxygen atoms in total. The van der Waals surface area contributed by atoms with Gasteiger partial charge in [0.2, 0.25) is 12.2 Å². The molecule has 9 heteroatoms. The summed E-state index contributed by atoms with van der Waals surface area (Å²) in [4.78, 5) is 25.3. The molecular weight excluding hydrogens is 350 g/mol. The molecule has 0 bridgehead atoms. The highest BCUT2D eigenvalue weighted by molar-refractivity contribution is 5.90. The van der Waals surface area contributed by atoms with Crippen LogP contribution in [0.15, 0.2) is 48.8 Å². The lowest BCUT2D eigenvalue weighted by Crippen LogP contribution is -2.19. The third-order valence-electron chi connectivity index (χ3n) is 3.56. The third kappa shape index (κ3) is 4.88. The molecule has 3 rings (SSSR count). The zero-order valence-electron chi connectivity index (χ0n) is 14.7. The van der Waals surface area contributed by atoms with E-state index >= 15 is 0 Å². The number of carbonyl (C=O) groups excluding carboxylic acids is 1. The Labute approximate surface area is 154 Å². The number of aromatic nitrogens is 3. The van der Waals surface area contributed by atoms with Crippen molar-refractivity contribution in [1.82, 2.24) is 14.8 Å². The maximum absolute atomic E-state index is 12.0. The van der Waals surface area contributed by atoms with Crippen molar-refractivity contribution in [3.63, 3.8) is 0 Å². The lowest BCUT2D eigenvalue weighted by molar-refractivity contribution is -0.394. The monoisotopic (exact) mass is 367 g/mol. The van der Waals surface area contributed by atoms with Gasteiger partial charge in [-0.05, 0) is 66.3 Å². The van der Waals surface area contributed by atoms with Crippen molar-refractivity contribution in [2.75, 3.05) is 5.32 Å². The van der Waals surface area contributed by atoms with Gasteiger partial charge >= 0.3 is 5.95 Å². The van der Waals surface area contributed by atoms with Crippen LogP contribution in [0.25, 0.3) is 0 Å². The number of nitrogens with one attached hydrogen (secondary N) is 1. The summed E-state index contributed by atoms with van der Waals surface area (Å²) in [5.41, 5.74) is 2.80. The summed E-state index contributed by atoms with van der Waals surface area (Å²) >= 11 is 0. The Morgan fingerprint density at radius 2 is 1.81 bits per heavy atom. The minimum atomic E-state index is -0.719. The Hall–Kier alpha value is -3.75. The Kier molecular flexibility index (Phi) is 5.11. The summed E-state index contributed by atoms with van der Waals surface area (Å²) < 4.78 is 6.92. The Morgan fingerprint density at radius 3 is 2.41 bits per heavy atom. The molecule has 0 aliphatic rings. The van der Waals surface area contributed by atoms with Crippen LogP contribution in [-0.4, -0.2) is 25.6 Å². The lowest BCUT2D eigenvalue weighted by Gasteiger charge is -2.09. The quantitative estimate of drug-likeness (QED) is 0.529. The molecule has 0 aliphatic heterocycles. The van der Waals surface area contributed by atoms with Crippen molar-refractivity contribution in [2.45, 2.75) is 20.4 Å². The van der Waals surface area contributed by atoms with E-state index in [0.29, 0.717) is 11.4 Å². The molecule has 0 atom stereocenters. The van der Waals surface area contributed by atoms with Crippen LogP contribution in [0.4, 0.5) is 11.6 Å². The van der Waals surface area contributed by atoms with Gasteiger partial charge in [-0.1, -0.05) is 11.1 Å². The number of carbonyl (C=O) groups is 1. The minimum Gasteiger partial charge on any atom is -0.457 e.